The number of rotatable bonds is 3. The third-order valence-electron chi connectivity index (χ3n) is 3.61. The van der Waals surface area contributed by atoms with Gasteiger partial charge in [0.2, 0.25) is 0 Å². The fourth-order valence-electron chi connectivity index (χ4n) is 2.36. The van der Waals surface area contributed by atoms with Crippen LogP contribution < -0.4 is 5.32 Å². The van der Waals surface area contributed by atoms with Gasteiger partial charge in [-0.25, -0.2) is 4.79 Å². The predicted molar refractivity (Wildman–Crippen MR) is 70.7 cm³/mol. The minimum Gasteiger partial charge on any atom is -0.381 e. The minimum absolute atomic E-state index is 0.106. The fourth-order valence-corrected chi connectivity index (χ4v) is 2.46. The van der Waals surface area contributed by atoms with Crippen LogP contribution in [0.3, 0.4) is 0 Å². The zero-order valence-electron chi connectivity index (χ0n) is 10.9. The summed E-state index contributed by atoms with van der Waals surface area (Å²) in [5, 5.41) is 2.85. The smallest absolute Gasteiger partial charge is 0.325 e. The van der Waals surface area contributed by atoms with E-state index in [0.29, 0.717) is 38.4 Å². The summed E-state index contributed by atoms with van der Waals surface area (Å²) in [6, 6.07) is -0.281. The van der Waals surface area contributed by atoms with Crippen molar-refractivity contribution in [1.29, 1.82) is 0 Å². The molecule has 1 N–H and O–H groups in total. The van der Waals surface area contributed by atoms with E-state index in [9.17, 15) is 9.59 Å². The molecule has 2 heterocycles. The first-order valence-electron chi connectivity index (χ1n) is 6.23. The molecule has 1 spiro atoms. The number of carbonyl (C=O) groups excluding carboxylic acids is 2. The largest absolute Gasteiger partial charge is 0.381 e. The van der Waals surface area contributed by atoms with Gasteiger partial charge in [0.15, 0.2) is 0 Å². The van der Waals surface area contributed by atoms with Crippen molar-refractivity contribution in [2.45, 2.75) is 32.2 Å². The summed E-state index contributed by atoms with van der Waals surface area (Å²) in [7, 11) is 0. The number of carbonyl (C=O) groups is 2. The van der Waals surface area contributed by atoms with Crippen LogP contribution in [0, 0.1) is 5.41 Å². The highest BCUT2D eigenvalue weighted by Gasteiger charge is 2.52. The van der Waals surface area contributed by atoms with Gasteiger partial charge < -0.3 is 10.1 Å². The Hall–Kier alpha value is -0.750. The Balaban J connectivity index is 2.14. The molecule has 0 saturated carbocycles. The number of hydrogen-bond acceptors (Lipinski definition) is 4. The average Bonchev–Trinajstić information content (AvgIpc) is 2.55. The van der Waals surface area contributed by atoms with E-state index in [1.54, 1.807) is 0 Å². The maximum absolute atomic E-state index is 12.4. The van der Waals surface area contributed by atoms with Gasteiger partial charge in [0.25, 0.3) is 5.91 Å². The van der Waals surface area contributed by atoms with Gasteiger partial charge in [-0.05, 0) is 11.2 Å². The van der Waals surface area contributed by atoms with Crippen molar-refractivity contribution in [3.8, 4) is 0 Å². The normalized spacial score (nSPS) is 23.6. The lowest BCUT2D eigenvalue weighted by Crippen LogP contribution is -2.51. The van der Waals surface area contributed by atoms with Crippen LogP contribution >= 0.6 is 12.6 Å². The van der Waals surface area contributed by atoms with E-state index in [2.05, 4.69) is 17.9 Å². The van der Waals surface area contributed by atoms with Crippen molar-refractivity contribution >= 4 is 24.6 Å². The van der Waals surface area contributed by atoms with Crippen LogP contribution in [0.1, 0.15) is 26.7 Å². The van der Waals surface area contributed by atoms with E-state index in [-0.39, 0.29) is 17.4 Å². The lowest BCUT2D eigenvalue weighted by Gasteiger charge is -2.31. The number of hydrogen-bond donors (Lipinski definition) is 2. The molecule has 2 aliphatic heterocycles. The zero-order valence-corrected chi connectivity index (χ0v) is 11.8. The van der Waals surface area contributed by atoms with Crippen LogP contribution in [0.4, 0.5) is 4.79 Å². The molecule has 102 valence electrons. The quantitative estimate of drug-likeness (QED) is 0.596. The van der Waals surface area contributed by atoms with Crippen molar-refractivity contribution in [3.05, 3.63) is 0 Å². The minimum atomic E-state index is -0.720. The van der Waals surface area contributed by atoms with E-state index < -0.39 is 5.54 Å². The molecule has 2 aliphatic rings. The van der Waals surface area contributed by atoms with Crippen molar-refractivity contribution in [1.82, 2.24) is 10.2 Å². The van der Waals surface area contributed by atoms with Gasteiger partial charge in [-0.2, -0.15) is 12.6 Å². The lowest BCUT2D eigenvalue weighted by molar-refractivity contribution is -0.135. The summed E-state index contributed by atoms with van der Waals surface area (Å²) >= 11 is 4.26. The second-order valence-corrected chi connectivity index (χ2v) is 6.15. The average molecular weight is 272 g/mol. The number of ether oxygens (including phenoxy) is 1. The van der Waals surface area contributed by atoms with Gasteiger partial charge >= 0.3 is 6.03 Å². The van der Waals surface area contributed by atoms with Crippen molar-refractivity contribution in [2.75, 3.05) is 25.5 Å². The van der Waals surface area contributed by atoms with E-state index in [1.807, 2.05) is 13.8 Å². The number of imide groups is 1. The van der Waals surface area contributed by atoms with Gasteiger partial charge in [-0.3, -0.25) is 9.69 Å². The number of urea groups is 1. The Labute approximate surface area is 113 Å². The highest BCUT2D eigenvalue weighted by atomic mass is 32.1. The molecule has 18 heavy (non-hydrogen) atoms. The Bertz CT molecular complexity index is 364. The molecular weight excluding hydrogens is 252 g/mol. The highest BCUT2D eigenvalue weighted by Crippen LogP contribution is 2.30. The summed E-state index contributed by atoms with van der Waals surface area (Å²) in [6.45, 7) is 5.44. The Morgan fingerprint density at radius 1 is 1.39 bits per heavy atom. The van der Waals surface area contributed by atoms with Crippen LogP contribution in [-0.2, 0) is 9.53 Å². The molecule has 2 saturated heterocycles. The van der Waals surface area contributed by atoms with Gasteiger partial charge in [-0.1, -0.05) is 13.8 Å². The van der Waals surface area contributed by atoms with Crippen molar-refractivity contribution in [2.24, 2.45) is 5.41 Å². The highest BCUT2D eigenvalue weighted by molar-refractivity contribution is 7.80. The van der Waals surface area contributed by atoms with Gasteiger partial charge in [0.05, 0.1) is 0 Å². The Morgan fingerprint density at radius 2 is 2.00 bits per heavy atom. The maximum atomic E-state index is 12.4. The van der Waals surface area contributed by atoms with Crippen molar-refractivity contribution < 1.29 is 14.3 Å². The molecule has 0 aromatic heterocycles. The molecule has 0 unspecified atom stereocenters. The molecule has 5 nitrogen and oxygen atoms in total. The Morgan fingerprint density at radius 3 is 2.56 bits per heavy atom. The van der Waals surface area contributed by atoms with Crippen molar-refractivity contribution in [3.63, 3.8) is 0 Å². The van der Waals surface area contributed by atoms with E-state index in [1.165, 1.54) is 4.90 Å². The zero-order chi connectivity index (χ0) is 13.4. The maximum Gasteiger partial charge on any atom is 0.325 e. The standard InChI is InChI=1S/C12H20N2O3S/c1-11(2,8-18)7-14-9(15)12(13-10(14)16)3-5-17-6-4-12/h18H,3-8H2,1-2H3,(H,13,16). The van der Waals surface area contributed by atoms with Crippen LogP contribution in [0.5, 0.6) is 0 Å². The van der Waals surface area contributed by atoms with Gasteiger partial charge in [0.1, 0.15) is 5.54 Å². The number of thiol groups is 1. The third kappa shape index (κ3) is 2.36. The van der Waals surface area contributed by atoms with E-state index in [4.69, 9.17) is 4.74 Å². The fraction of sp³-hybridized carbons (Fsp3) is 0.833. The summed E-state index contributed by atoms with van der Waals surface area (Å²) in [6.07, 6.45) is 1.13. The first-order chi connectivity index (χ1) is 8.40. The third-order valence-corrected chi connectivity index (χ3v) is 4.46. The first-order valence-corrected chi connectivity index (χ1v) is 6.86. The topological polar surface area (TPSA) is 58.6 Å². The molecule has 0 aliphatic carbocycles. The molecule has 0 aromatic carbocycles. The van der Waals surface area contributed by atoms with Crippen LogP contribution in [-0.4, -0.2) is 47.9 Å². The second-order valence-electron chi connectivity index (χ2n) is 5.84. The molecular formula is C12H20N2O3S. The SMILES string of the molecule is CC(C)(CS)CN1C(=O)NC2(CCOCC2)C1=O. The Kier molecular flexibility index (Phi) is 3.60. The monoisotopic (exact) mass is 272 g/mol. The number of nitrogens with zero attached hydrogens (tertiary/aromatic N) is 1. The van der Waals surface area contributed by atoms with Crippen LogP contribution in [0.25, 0.3) is 0 Å². The lowest BCUT2D eigenvalue weighted by atomic mass is 9.89. The van der Waals surface area contributed by atoms with Crippen LogP contribution in [0.2, 0.25) is 0 Å². The van der Waals surface area contributed by atoms with Gasteiger partial charge in [0, 0.05) is 32.6 Å². The second kappa shape index (κ2) is 4.74. The molecule has 0 atom stereocenters. The van der Waals surface area contributed by atoms with E-state index in [0.717, 1.165) is 0 Å². The van der Waals surface area contributed by atoms with E-state index >= 15 is 0 Å². The molecule has 2 fully saturated rings. The molecule has 0 bridgehead atoms. The molecule has 0 aromatic rings. The summed E-state index contributed by atoms with van der Waals surface area (Å²) < 4.78 is 5.26. The molecule has 3 amide bonds. The first kappa shape index (κ1) is 13.7. The molecule has 6 heteroatoms. The number of amides is 3. The van der Waals surface area contributed by atoms with Gasteiger partial charge in [-0.15, -0.1) is 0 Å². The summed E-state index contributed by atoms with van der Waals surface area (Å²) in [4.78, 5) is 25.8. The number of nitrogens with one attached hydrogen (secondary N) is 1. The molecule has 2 rings (SSSR count). The molecule has 0 radical (unpaired) electrons. The predicted octanol–water partition coefficient (Wildman–Crippen LogP) is 1.04. The summed E-state index contributed by atoms with van der Waals surface area (Å²) in [5.41, 5.74) is -0.894. The summed E-state index contributed by atoms with van der Waals surface area (Å²) in [5.74, 6) is 0.519. The van der Waals surface area contributed by atoms with Crippen LogP contribution in [0.15, 0.2) is 0 Å².